The first-order valence-electron chi connectivity index (χ1n) is 6.32. The first-order chi connectivity index (χ1) is 8.56. The zero-order valence-corrected chi connectivity index (χ0v) is 11.5. The van der Waals surface area contributed by atoms with E-state index in [9.17, 15) is 4.79 Å². The normalized spacial score (nSPS) is 12.7. The van der Waals surface area contributed by atoms with Gasteiger partial charge in [0.1, 0.15) is 6.33 Å². The van der Waals surface area contributed by atoms with Gasteiger partial charge >= 0.3 is 0 Å². The Labute approximate surface area is 108 Å². The van der Waals surface area contributed by atoms with E-state index in [1.807, 2.05) is 18.4 Å². The molecule has 1 amide bonds. The van der Waals surface area contributed by atoms with Gasteiger partial charge < -0.3 is 14.6 Å². The Morgan fingerprint density at radius 2 is 2.22 bits per heavy atom. The largest absolute Gasteiger partial charge is 0.381 e. The van der Waals surface area contributed by atoms with Crippen LogP contribution in [0.15, 0.2) is 6.33 Å². The maximum atomic E-state index is 11.7. The fraction of sp³-hybridized carbons (Fsp3) is 0.750. The minimum absolute atomic E-state index is 0.0331. The Morgan fingerprint density at radius 3 is 2.83 bits per heavy atom. The number of rotatable bonds is 7. The number of carbonyl (C=O) groups is 1. The van der Waals surface area contributed by atoms with E-state index in [0.717, 1.165) is 5.82 Å². The predicted octanol–water partition coefficient (Wildman–Crippen LogP) is 1.46. The molecule has 1 N–H and O–H groups in total. The number of aromatic nitrogens is 3. The number of hydrogen-bond donors (Lipinski definition) is 1. The maximum absolute atomic E-state index is 11.7. The zero-order valence-electron chi connectivity index (χ0n) is 11.5. The highest BCUT2D eigenvalue weighted by Gasteiger charge is 2.16. The highest BCUT2D eigenvalue weighted by atomic mass is 16.5. The quantitative estimate of drug-likeness (QED) is 0.748. The Kier molecular flexibility index (Phi) is 5.77. The summed E-state index contributed by atoms with van der Waals surface area (Å²) in [6.45, 7) is 9.00. The molecular formula is C12H22N4O2. The molecule has 0 aliphatic carbocycles. The van der Waals surface area contributed by atoms with Crippen LogP contribution in [0.1, 0.15) is 52.0 Å². The van der Waals surface area contributed by atoms with E-state index >= 15 is 0 Å². The molecule has 0 saturated carbocycles. The van der Waals surface area contributed by atoms with Crippen LogP contribution in [-0.4, -0.2) is 33.9 Å². The summed E-state index contributed by atoms with van der Waals surface area (Å²) < 4.78 is 7.10. The molecule has 6 nitrogen and oxygen atoms in total. The molecule has 0 aliphatic heterocycles. The molecular weight excluding hydrogens is 232 g/mol. The molecule has 0 unspecified atom stereocenters. The van der Waals surface area contributed by atoms with Crippen molar-refractivity contribution in [2.75, 3.05) is 13.2 Å². The molecule has 1 atom stereocenters. The second kappa shape index (κ2) is 7.10. The van der Waals surface area contributed by atoms with Crippen molar-refractivity contribution in [2.45, 2.75) is 46.2 Å². The smallest absolute Gasteiger partial charge is 0.222 e. The van der Waals surface area contributed by atoms with Gasteiger partial charge in [-0.15, -0.1) is 10.2 Å². The lowest BCUT2D eigenvalue weighted by Crippen LogP contribution is -2.29. The van der Waals surface area contributed by atoms with Gasteiger partial charge in [-0.2, -0.15) is 0 Å². The molecule has 1 heterocycles. The molecule has 0 bridgehead atoms. The summed E-state index contributed by atoms with van der Waals surface area (Å²) in [6.07, 6.45) is 2.05. The summed E-state index contributed by atoms with van der Waals surface area (Å²) in [5.74, 6) is 0.740. The van der Waals surface area contributed by atoms with E-state index in [1.165, 1.54) is 0 Å². The Balaban J connectivity index is 2.51. The van der Waals surface area contributed by atoms with E-state index in [2.05, 4.69) is 29.4 Å². The topological polar surface area (TPSA) is 69.0 Å². The Morgan fingerprint density at radius 1 is 1.50 bits per heavy atom. The van der Waals surface area contributed by atoms with Gasteiger partial charge in [0.2, 0.25) is 5.91 Å². The van der Waals surface area contributed by atoms with E-state index in [1.54, 1.807) is 6.33 Å². The van der Waals surface area contributed by atoms with Crippen molar-refractivity contribution in [3.63, 3.8) is 0 Å². The fourth-order valence-corrected chi connectivity index (χ4v) is 1.65. The first kappa shape index (κ1) is 14.6. The highest BCUT2D eigenvalue weighted by molar-refractivity contribution is 5.76. The molecule has 0 aliphatic rings. The van der Waals surface area contributed by atoms with Gasteiger partial charge in [-0.05, 0) is 27.7 Å². The number of carbonyl (C=O) groups excluding carboxylic acids is 1. The van der Waals surface area contributed by atoms with Crippen molar-refractivity contribution in [1.82, 2.24) is 20.1 Å². The summed E-state index contributed by atoms with van der Waals surface area (Å²) >= 11 is 0. The average Bonchev–Trinajstić information content (AvgIpc) is 2.78. The third kappa shape index (κ3) is 4.10. The van der Waals surface area contributed by atoms with E-state index in [-0.39, 0.29) is 18.0 Å². The van der Waals surface area contributed by atoms with Crippen LogP contribution in [0.4, 0.5) is 0 Å². The molecule has 1 rings (SSSR count). The summed E-state index contributed by atoms with van der Waals surface area (Å²) in [4.78, 5) is 11.7. The SMILES string of the molecule is CCOCCC(=O)N[C@@H](C)c1nncn1C(C)C. The van der Waals surface area contributed by atoms with Gasteiger partial charge in [0, 0.05) is 19.1 Å². The second-order valence-electron chi connectivity index (χ2n) is 4.43. The number of ether oxygens (including phenoxy) is 1. The zero-order chi connectivity index (χ0) is 13.5. The van der Waals surface area contributed by atoms with Crippen molar-refractivity contribution < 1.29 is 9.53 Å². The lowest BCUT2D eigenvalue weighted by Gasteiger charge is -2.16. The average molecular weight is 254 g/mol. The lowest BCUT2D eigenvalue weighted by molar-refractivity contribution is -0.122. The van der Waals surface area contributed by atoms with Crippen molar-refractivity contribution >= 4 is 5.91 Å². The molecule has 1 aromatic heterocycles. The fourth-order valence-electron chi connectivity index (χ4n) is 1.65. The number of hydrogen-bond acceptors (Lipinski definition) is 4. The van der Waals surface area contributed by atoms with Gasteiger partial charge in [-0.25, -0.2) is 0 Å². The van der Waals surface area contributed by atoms with Crippen molar-refractivity contribution in [1.29, 1.82) is 0 Å². The van der Waals surface area contributed by atoms with Crippen LogP contribution < -0.4 is 5.32 Å². The van der Waals surface area contributed by atoms with Crippen LogP contribution in [-0.2, 0) is 9.53 Å². The summed E-state index contributed by atoms with van der Waals surface area (Å²) in [5, 5.41) is 10.8. The van der Waals surface area contributed by atoms with Crippen LogP contribution >= 0.6 is 0 Å². The van der Waals surface area contributed by atoms with Crippen LogP contribution in [0, 0.1) is 0 Å². The Hall–Kier alpha value is -1.43. The van der Waals surface area contributed by atoms with Crippen molar-refractivity contribution in [3.8, 4) is 0 Å². The molecule has 0 aromatic carbocycles. The van der Waals surface area contributed by atoms with Gasteiger partial charge in [0.15, 0.2) is 5.82 Å². The highest BCUT2D eigenvalue weighted by Crippen LogP contribution is 2.14. The second-order valence-corrected chi connectivity index (χ2v) is 4.43. The van der Waals surface area contributed by atoms with Crippen molar-refractivity contribution in [3.05, 3.63) is 12.2 Å². The molecule has 0 radical (unpaired) electrons. The van der Waals surface area contributed by atoms with Crippen LogP contribution in [0.5, 0.6) is 0 Å². The van der Waals surface area contributed by atoms with Crippen LogP contribution in [0.3, 0.4) is 0 Å². The van der Waals surface area contributed by atoms with E-state index in [0.29, 0.717) is 19.6 Å². The number of amides is 1. The molecule has 6 heteroatoms. The molecule has 102 valence electrons. The summed E-state index contributed by atoms with van der Waals surface area (Å²) in [7, 11) is 0. The predicted molar refractivity (Wildman–Crippen MR) is 68.1 cm³/mol. The molecule has 0 fully saturated rings. The monoisotopic (exact) mass is 254 g/mol. The van der Waals surface area contributed by atoms with Crippen LogP contribution in [0.25, 0.3) is 0 Å². The molecule has 18 heavy (non-hydrogen) atoms. The van der Waals surface area contributed by atoms with E-state index < -0.39 is 0 Å². The summed E-state index contributed by atoms with van der Waals surface area (Å²) in [6, 6.07) is 0.127. The van der Waals surface area contributed by atoms with Gasteiger partial charge in [-0.3, -0.25) is 4.79 Å². The summed E-state index contributed by atoms with van der Waals surface area (Å²) in [5.41, 5.74) is 0. The third-order valence-electron chi connectivity index (χ3n) is 2.60. The molecule has 0 saturated heterocycles. The minimum Gasteiger partial charge on any atom is -0.381 e. The van der Waals surface area contributed by atoms with Crippen molar-refractivity contribution in [2.24, 2.45) is 0 Å². The number of nitrogens with one attached hydrogen (secondary N) is 1. The van der Waals surface area contributed by atoms with E-state index in [4.69, 9.17) is 4.74 Å². The van der Waals surface area contributed by atoms with Gasteiger partial charge in [0.25, 0.3) is 0 Å². The maximum Gasteiger partial charge on any atom is 0.222 e. The standard InChI is InChI=1S/C12H22N4O2/c1-5-18-7-6-11(17)14-10(4)12-15-13-8-16(12)9(2)3/h8-10H,5-7H2,1-4H3,(H,14,17)/t10-/m0/s1. The van der Waals surface area contributed by atoms with Gasteiger partial charge in [-0.1, -0.05) is 0 Å². The number of nitrogens with zero attached hydrogens (tertiary/aromatic N) is 3. The Bertz CT molecular complexity index is 376. The lowest BCUT2D eigenvalue weighted by atomic mass is 10.2. The molecule has 1 aromatic rings. The minimum atomic E-state index is -0.149. The molecule has 0 spiro atoms. The van der Waals surface area contributed by atoms with Crippen LogP contribution in [0.2, 0.25) is 0 Å². The third-order valence-corrected chi connectivity index (χ3v) is 2.60. The first-order valence-corrected chi connectivity index (χ1v) is 6.32. The van der Waals surface area contributed by atoms with Gasteiger partial charge in [0.05, 0.1) is 12.6 Å².